The van der Waals surface area contributed by atoms with Gasteiger partial charge in [-0.1, -0.05) is 54.1 Å². The number of hydrogen-bond acceptors (Lipinski definition) is 3. The molecule has 0 spiro atoms. The maximum absolute atomic E-state index is 13.5. The van der Waals surface area contributed by atoms with E-state index >= 15 is 0 Å². The quantitative estimate of drug-likeness (QED) is 0.568. The zero-order valence-corrected chi connectivity index (χ0v) is 20.9. The van der Waals surface area contributed by atoms with Crippen molar-refractivity contribution in [3.63, 3.8) is 0 Å². The number of likely N-dealkylation sites (N-methyl/N-ethyl adjacent to an activating group) is 1. The fraction of sp³-hybridized carbons (Fsp3) is 0.267. The van der Waals surface area contributed by atoms with Crippen molar-refractivity contribution in [1.82, 2.24) is 4.90 Å². The zero-order chi connectivity index (χ0) is 25.1. The van der Waals surface area contributed by atoms with Gasteiger partial charge < -0.3 is 14.5 Å². The Labute approximate surface area is 212 Å². The van der Waals surface area contributed by atoms with Gasteiger partial charge in [-0.25, -0.2) is 0 Å². The Bertz CT molecular complexity index is 1270. The summed E-state index contributed by atoms with van der Waals surface area (Å²) in [5.41, 5.74) is 4.46. The summed E-state index contributed by atoms with van der Waals surface area (Å²) in [5, 5.41) is 0. The number of piperazine rings is 1. The average molecular weight is 483 g/mol. The first-order valence-electron chi connectivity index (χ1n) is 12.6. The van der Waals surface area contributed by atoms with Gasteiger partial charge in [-0.2, -0.15) is 0 Å². The van der Waals surface area contributed by atoms with Crippen molar-refractivity contribution < 1.29 is 19.2 Å². The summed E-state index contributed by atoms with van der Waals surface area (Å²) in [7, 11) is 0. The van der Waals surface area contributed by atoms with Crippen molar-refractivity contribution in [2.24, 2.45) is 0 Å². The van der Waals surface area contributed by atoms with Gasteiger partial charge in [0, 0.05) is 5.56 Å². The fourth-order valence-corrected chi connectivity index (χ4v) is 4.73. The highest BCUT2D eigenvalue weighted by atomic mass is 16.5. The van der Waals surface area contributed by atoms with Crippen molar-refractivity contribution in [2.45, 2.75) is 20.4 Å². The molecular formula is C30H32N3O3+. The lowest BCUT2D eigenvalue weighted by atomic mass is 10.1. The molecule has 1 saturated heterocycles. The number of nitrogens with zero attached hydrogens (tertiary/aromatic N) is 2. The van der Waals surface area contributed by atoms with Crippen LogP contribution in [0.15, 0.2) is 78.6 Å². The van der Waals surface area contributed by atoms with Gasteiger partial charge in [0.1, 0.15) is 0 Å². The lowest BCUT2D eigenvalue weighted by molar-refractivity contribution is -0.902. The first-order valence-corrected chi connectivity index (χ1v) is 12.6. The average Bonchev–Trinajstić information content (AvgIpc) is 2.92. The summed E-state index contributed by atoms with van der Waals surface area (Å²) in [6, 6.07) is 23.2. The number of para-hydroxylation sites is 2. The first kappa shape index (κ1) is 23.8. The van der Waals surface area contributed by atoms with Crippen LogP contribution < -0.4 is 14.5 Å². The monoisotopic (exact) mass is 482 g/mol. The van der Waals surface area contributed by atoms with E-state index in [1.807, 2.05) is 72.5 Å². The Balaban J connectivity index is 1.35. The van der Waals surface area contributed by atoms with E-state index in [0.29, 0.717) is 17.9 Å². The number of amides is 2. The minimum absolute atomic E-state index is 0.0625. The number of hydrogen-bond donors (Lipinski definition) is 1. The number of anilines is 1. The molecule has 6 nitrogen and oxygen atoms in total. The number of fused-ring (bicyclic) bond motifs is 1. The summed E-state index contributed by atoms with van der Waals surface area (Å²) in [6.45, 7) is 9.33. The standard InChI is InChI=1S/C30H31N3O3/c1-3-31-16-18-32(19-17-31)29(34)25-14-12-23(13-15-25)20-28-30(35)33(21-24-10-8-22(2)9-11-24)26-6-4-5-7-27(26)36-28/h4-15,20H,3,16-19,21H2,1-2H3/p+1. The van der Waals surface area contributed by atoms with Crippen LogP contribution in [0.5, 0.6) is 5.75 Å². The molecule has 0 bridgehead atoms. The van der Waals surface area contributed by atoms with Gasteiger partial charge in [0.05, 0.1) is 45.0 Å². The van der Waals surface area contributed by atoms with Crippen LogP contribution in [0.1, 0.15) is 34.0 Å². The molecule has 3 aromatic rings. The van der Waals surface area contributed by atoms with Crippen molar-refractivity contribution in [3.8, 4) is 5.75 Å². The molecule has 2 heterocycles. The second-order valence-corrected chi connectivity index (χ2v) is 9.47. The third-order valence-electron chi connectivity index (χ3n) is 7.01. The molecule has 6 heteroatoms. The number of carbonyl (C=O) groups excluding carboxylic acids is 2. The van der Waals surface area contributed by atoms with Crippen LogP contribution in [0.4, 0.5) is 5.69 Å². The summed E-state index contributed by atoms with van der Waals surface area (Å²) < 4.78 is 6.02. The van der Waals surface area contributed by atoms with Crippen LogP contribution in [-0.2, 0) is 11.3 Å². The second-order valence-electron chi connectivity index (χ2n) is 9.47. The number of benzene rings is 3. The van der Waals surface area contributed by atoms with Gasteiger partial charge in [-0.15, -0.1) is 0 Å². The summed E-state index contributed by atoms with van der Waals surface area (Å²) in [4.78, 5) is 31.6. The number of aryl methyl sites for hydroxylation is 1. The van der Waals surface area contributed by atoms with Crippen LogP contribution in [0, 0.1) is 6.92 Å². The highest BCUT2D eigenvalue weighted by Gasteiger charge is 2.30. The third-order valence-corrected chi connectivity index (χ3v) is 7.01. The maximum atomic E-state index is 13.5. The van der Waals surface area contributed by atoms with Crippen LogP contribution >= 0.6 is 0 Å². The number of nitrogens with one attached hydrogen (secondary N) is 1. The predicted molar refractivity (Wildman–Crippen MR) is 141 cm³/mol. The van der Waals surface area contributed by atoms with Crippen molar-refractivity contribution in [1.29, 1.82) is 0 Å². The van der Waals surface area contributed by atoms with Gasteiger partial charge in [-0.05, 0) is 55.3 Å². The molecule has 0 aliphatic carbocycles. The molecule has 0 unspecified atom stereocenters. The minimum atomic E-state index is -0.189. The summed E-state index contributed by atoms with van der Waals surface area (Å²) in [5.74, 6) is 0.785. The fourth-order valence-electron chi connectivity index (χ4n) is 4.73. The van der Waals surface area contributed by atoms with E-state index in [-0.39, 0.29) is 17.6 Å². The predicted octanol–water partition coefficient (Wildman–Crippen LogP) is 3.32. The molecule has 0 saturated carbocycles. The van der Waals surface area contributed by atoms with Crippen LogP contribution in [-0.4, -0.2) is 49.4 Å². The number of ether oxygens (including phenoxy) is 1. The maximum Gasteiger partial charge on any atom is 0.294 e. The molecule has 2 amide bonds. The Hall–Kier alpha value is -3.90. The van der Waals surface area contributed by atoms with Crippen molar-refractivity contribution in [2.75, 3.05) is 37.6 Å². The normalized spacial score (nSPS) is 17.2. The van der Waals surface area contributed by atoms with Gasteiger partial charge in [0.2, 0.25) is 0 Å². The SMILES string of the molecule is CC[NH+]1CCN(C(=O)c2ccc(C=C3Oc4ccccc4N(Cc4ccc(C)cc4)C3=O)cc2)CC1. The van der Waals surface area contributed by atoms with Crippen molar-refractivity contribution >= 4 is 23.6 Å². The topological polar surface area (TPSA) is 54.3 Å². The van der Waals surface area contributed by atoms with E-state index < -0.39 is 0 Å². The van der Waals surface area contributed by atoms with E-state index in [4.69, 9.17) is 4.74 Å². The smallest absolute Gasteiger partial charge is 0.294 e. The molecule has 0 aromatic heterocycles. The number of rotatable bonds is 5. The third kappa shape index (κ3) is 5.04. The molecule has 1 N–H and O–H groups in total. The molecule has 1 fully saturated rings. The van der Waals surface area contributed by atoms with E-state index in [2.05, 4.69) is 19.1 Å². The molecule has 184 valence electrons. The molecule has 2 aliphatic rings. The Morgan fingerprint density at radius 2 is 1.67 bits per heavy atom. The molecule has 2 aliphatic heterocycles. The Kier molecular flexibility index (Phi) is 6.87. The zero-order valence-electron chi connectivity index (χ0n) is 20.9. The largest absolute Gasteiger partial charge is 0.449 e. The molecule has 5 rings (SSSR count). The van der Waals surface area contributed by atoms with Gasteiger partial charge in [0.25, 0.3) is 11.8 Å². The van der Waals surface area contributed by atoms with Crippen LogP contribution in [0.3, 0.4) is 0 Å². The van der Waals surface area contributed by atoms with Gasteiger partial charge in [0.15, 0.2) is 11.5 Å². The second kappa shape index (κ2) is 10.4. The molecular weight excluding hydrogens is 450 g/mol. The van der Waals surface area contributed by atoms with Crippen LogP contribution in [0.25, 0.3) is 6.08 Å². The van der Waals surface area contributed by atoms with E-state index in [1.54, 1.807) is 11.0 Å². The first-order chi connectivity index (χ1) is 17.5. The Morgan fingerprint density at radius 1 is 0.972 bits per heavy atom. The lowest BCUT2D eigenvalue weighted by Gasteiger charge is -2.31. The minimum Gasteiger partial charge on any atom is -0.449 e. The van der Waals surface area contributed by atoms with E-state index in [9.17, 15) is 9.59 Å². The number of quaternary nitrogens is 1. The summed E-state index contributed by atoms with van der Waals surface area (Å²) >= 11 is 0. The lowest BCUT2D eigenvalue weighted by Crippen LogP contribution is -3.14. The molecule has 0 atom stereocenters. The molecule has 3 aromatic carbocycles. The van der Waals surface area contributed by atoms with E-state index in [0.717, 1.165) is 49.5 Å². The van der Waals surface area contributed by atoms with Gasteiger partial charge >= 0.3 is 0 Å². The highest BCUT2D eigenvalue weighted by molar-refractivity contribution is 6.09. The van der Waals surface area contributed by atoms with E-state index in [1.165, 1.54) is 10.5 Å². The highest BCUT2D eigenvalue weighted by Crippen LogP contribution is 2.36. The Morgan fingerprint density at radius 3 is 2.36 bits per heavy atom. The molecule has 36 heavy (non-hydrogen) atoms. The molecule has 0 radical (unpaired) electrons. The van der Waals surface area contributed by atoms with Gasteiger partial charge in [-0.3, -0.25) is 14.5 Å². The van der Waals surface area contributed by atoms with Crippen molar-refractivity contribution in [3.05, 3.63) is 101 Å². The summed E-state index contributed by atoms with van der Waals surface area (Å²) in [6.07, 6.45) is 1.75. The number of carbonyl (C=O) groups is 2. The van der Waals surface area contributed by atoms with Crippen LogP contribution in [0.2, 0.25) is 0 Å².